The predicted molar refractivity (Wildman–Crippen MR) is 156 cm³/mol. The van der Waals surface area contributed by atoms with E-state index in [0.29, 0.717) is 21.3 Å². The van der Waals surface area contributed by atoms with Crippen LogP contribution < -0.4 is 14.7 Å². The number of aliphatic carboxylic acids is 1. The molecule has 1 heterocycles. The number of carboxylic acid groups (broad SMARTS) is 1. The summed E-state index contributed by atoms with van der Waals surface area (Å²) in [4.78, 5) is 42.3. The summed E-state index contributed by atoms with van der Waals surface area (Å²) < 4.78 is 14.8. The van der Waals surface area contributed by atoms with Crippen LogP contribution in [0.4, 0.5) is 27.1 Å². The van der Waals surface area contributed by atoms with Gasteiger partial charge in [-0.2, -0.15) is 5.26 Å². The van der Waals surface area contributed by atoms with Gasteiger partial charge >= 0.3 is 5.97 Å². The lowest BCUT2D eigenvalue weighted by atomic mass is 9.99. The molecule has 1 aliphatic rings. The first-order chi connectivity index (χ1) is 19.3. The molecular formula is C29H27BrFN5O5. The highest BCUT2D eigenvalue weighted by Gasteiger charge is 2.44. The van der Waals surface area contributed by atoms with Crippen LogP contribution in [-0.2, 0) is 9.59 Å². The number of nitro groups is 1. The molecule has 0 saturated heterocycles. The van der Waals surface area contributed by atoms with Crippen LogP contribution >= 0.6 is 15.9 Å². The van der Waals surface area contributed by atoms with Crippen molar-refractivity contribution >= 4 is 50.6 Å². The van der Waals surface area contributed by atoms with Crippen molar-refractivity contribution in [2.45, 2.75) is 45.9 Å². The number of anilines is 3. The molecule has 0 spiro atoms. The van der Waals surface area contributed by atoms with E-state index >= 15 is 0 Å². The molecule has 0 saturated carbocycles. The lowest BCUT2D eigenvalue weighted by molar-refractivity contribution is -0.384. The van der Waals surface area contributed by atoms with E-state index in [1.807, 2.05) is 24.8 Å². The number of carbonyl (C=O) groups is 2. The molecule has 1 atom stereocenters. The van der Waals surface area contributed by atoms with Crippen LogP contribution in [0, 0.1) is 27.3 Å². The van der Waals surface area contributed by atoms with Crippen molar-refractivity contribution in [1.29, 1.82) is 5.26 Å². The quantitative estimate of drug-likeness (QED) is 0.241. The number of fused-ring (bicyclic) bond motifs is 1. The van der Waals surface area contributed by atoms with Crippen molar-refractivity contribution in [3.8, 4) is 17.2 Å². The number of nitriles is 1. The molecule has 0 radical (unpaired) electrons. The van der Waals surface area contributed by atoms with Crippen molar-refractivity contribution in [2.24, 2.45) is 0 Å². The van der Waals surface area contributed by atoms with Gasteiger partial charge in [0.05, 0.1) is 34.5 Å². The molecule has 0 bridgehead atoms. The van der Waals surface area contributed by atoms with E-state index in [1.165, 1.54) is 29.2 Å². The van der Waals surface area contributed by atoms with Gasteiger partial charge in [0.1, 0.15) is 11.5 Å². The minimum Gasteiger partial charge on any atom is -0.478 e. The van der Waals surface area contributed by atoms with Crippen LogP contribution in [0.25, 0.3) is 11.1 Å². The molecule has 0 fully saturated rings. The molecule has 41 heavy (non-hydrogen) atoms. The molecule has 1 aliphatic heterocycles. The van der Waals surface area contributed by atoms with E-state index in [0.717, 1.165) is 11.0 Å². The smallest absolute Gasteiger partial charge is 0.348 e. The number of nitro benzene ring substituents is 1. The Morgan fingerprint density at radius 3 is 2.39 bits per heavy atom. The highest BCUT2D eigenvalue weighted by molar-refractivity contribution is 9.10. The van der Waals surface area contributed by atoms with Gasteiger partial charge in [-0.15, -0.1) is 0 Å². The number of benzene rings is 3. The van der Waals surface area contributed by atoms with Gasteiger partial charge < -0.3 is 14.9 Å². The Labute approximate surface area is 244 Å². The van der Waals surface area contributed by atoms with Crippen molar-refractivity contribution < 1.29 is 24.0 Å². The average molecular weight is 624 g/mol. The fourth-order valence-corrected chi connectivity index (χ4v) is 5.38. The molecular weight excluding hydrogens is 597 g/mol. The van der Waals surface area contributed by atoms with Gasteiger partial charge in [0.2, 0.25) is 12.1 Å². The Bertz CT molecular complexity index is 1590. The average Bonchev–Trinajstić information content (AvgIpc) is 2.90. The molecule has 3 aromatic carbocycles. The van der Waals surface area contributed by atoms with E-state index in [4.69, 9.17) is 0 Å². The van der Waals surface area contributed by atoms with Crippen molar-refractivity contribution in [1.82, 2.24) is 0 Å². The van der Waals surface area contributed by atoms with E-state index in [2.05, 4.69) is 15.9 Å². The summed E-state index contributed by atoms with van der Waals surface area (Å²) in [5.74, 6) is -2.46. The maximum atomic E-state index is 14.3. The number of hydrogen-bond acceptors (Lipinski definition) is 7. The van der Waals surface area contributed by atoms with Gasteiger partial charge in [0.25, 0.3) is 5.69 Å². The number of nitrogens with zero attached hydrogens (tertiary/aromatic N) is 5. The van der Waals surface area contributed by atoms with E-state index < -0.39 is 34.8 Å². The molecule has 12 heteroatoms. The maximum absolute atomic E-state index is 14.3. The topological polar surface area (TPSA) is 131 Å². The lowest BCUT2D eigenvalue weighted by Crippen LogP contribution is -2.62. The molecule has 1 N–H and O–H groups in total. The second-order valence-electron chi connectivity index (χ2n) is 10.1. The highest BCUT2D eigenvalue weighted by Crippen LogP contribution is 2.42. The summed E-state index contributed by atoms with van der Waals surface area (Å²) >= 11 is 3.32. The number of halogens is 2. The largest absolute Gasteiger partial charge is 0.478 e. The zero-order valence-corrected chi connectivity index (χ0v) is 24.3. The summed E-state index contributed by atoms with van der Waals surface area (Å²) in [5, 5.41) is 31.8. The van der Waals surface area contributed by atoms with Gasteiger partial charge in [0.15, 0.2) is 0 Å². The Balaban J connectivity index is 1.94. The predicted octanol–water partition coefficient (Wildman–Crippen LogP) is 5.92. The monoisotopic (exact) mass is 623 g/mol. The van der Waals surface area contributed by atoms with E-state index in [-0.39, 0.29) is 35.2 Å². The van der Waals surface area contributed by atoms with Crippen LogP contribution in [0.15, 0.2) is 59.1 Å². The number of hydrogen-bond donors (Lipinski definition) is 1. The SMILES string of the molecule is CC(C)N1CC(=O)N(C(C(=O)O)N(c2cc(Br)ccc2[N+](=O)[O-])C(C)C)c2ccc(-c3cc(F)cc(C#N)c3)cc21. The third kappa shape index (κ3) is 5.71. The third-order valence-corrected chi connectivity index (χ3v) is 7.29. The summed E-state index contributed by atoms with van der Waals surface area (Å²) in [7, 11) is 0. The van der Waals surface area contributed by atoms with Gasteiger partial charge in [-0.25, -0.2) is 9.18 Å². The standard InChI is InChI=1S/C29H27BrFN5O5/c1-16(2)33-15-27(37)35(23-7-5-19(12-25(23)33)20-9-18(14-32)10-22(31)11-20)28(29(38)39)34(17(3)4)26-13-21(30)6-8-24(26)36(40)41/h5-13,16-17,28H,15H2,1-4H3,(H,38,39). The minimum absolute atomic E-state index is 0.0350. The fraction of sp³-hybridized carbons (Fsp3) is 0.276. The number of rotatable bonds is 8. The van der Waals surface area contributed by atoms with Crippen LogP contribution in [0.5, 0.6) is 0 Å². The van der Waals surface area contributed by atoms with Gasteiger partial charge in [0, 0.05) is 22.6 Å². The molecule has 3 aromatic rings. The Kier molecular flexibility index (Phi) is 8.30. The molecule has 1 amide bonds. The molecule has 212 valence electrons. The number of carbonyl (C=O) groups excluding carboxylic acids is 1. The first-order valence-corrected chi connectivity index (χ1v) is 13.5. The van der Waals surface area contributed by atoms with Crippen molar-refractivity contribution in [3.63, 3.8) is 0 Å². The molecule has 1 unspecified atom stereocenters. The number of amides is 1. The third-order valence-electron chi connectivity index (χ3n) is 6.80. The number of carboxylic acids is 1. The van der Waals surface area contributed by atoms with Gasteiger partial charge in [-0.05, 0) is 81.3 Å². The summed E-state index contributed by atoms with van der Waals surface area (Å²) in [5.41, 5.74) is 1.69. The summed E-state index contributed by atoms with van der Waals surface area (Å²) in [6.07, 6.45) is -1.63. The second kappa shape index (κ2) is 11.5. The molecule has 0 aromatic heterocycles. The highest BCUT2D eigenvalue weighted by atomic mass is 79.9. The lowest BCUT2D eigenvalue weighted by Gasteiger charge is -2.45. The second-order valence-corrected chi connectivity index (χ2v) is 11.0. The van der Waals surface area contributed by atoms with Crippen molar-refractivity contribution in [2.75, 3.05) is 21.2 Å². The molecule has 4 rings (SSSR count). The Hall–Kier alpha value is -4.50. The maximum Gasteiger partial charge on any atom is 0.348 e. The Morgan fingerprint density at radius 2 is 1.80 bits per heavy atom. The first-order valence-electron chi connectivity index (χ1n) is 12.7. The molecule has 0 aliphatic carbocycles. The van der Waals surface area contributed by atoms with Gasteiger partial charge in [-0.3, -0.25) is 19.8 Å². The zero-order chi connectivity index (χ0) is 30.2. The Morgan fingerprint density at radius 1 is 1.10 bits per heavy atom. The normalized spacial score (nSPS) is 13.7. The summed E-state index contributed by atoms with van der Waals surface area (Å²) in [6, 6.07) is 14.3. The minimum atomic E-state index is -1.63. The zero-order valence-electron chi connectivity index (χ0n) is 22.7. The summed E-state index contributed by atoms with van der Waals surface area (Å²) in [6.45, 7) is 6.99. The van der Waals surface area contributed by atoms with Crippen LogP contribution in [0.1, 0.15) is 33.3 Å². The van der Waals surface area contributed by atoms with Crippen LogP contribution in [0.3, 0.4) is 0 Å². The first kappa shape index (κ1) is 29.5. The van der Waals surface area contributed by atoms with Crippen LogP contribution in [-0.4, -0.2) is 46.7 Å². The van der Waals surface area contributed by atoms with E-state index in [1.54, 1.807) is 38.1 Å². The van der Waals surface area contributed by atoms with Gasteiger partial charge in [-0.1, -0.05) is 22.0 Å². The van der Waals surface area contributed by atoms with E-state index in [9.17, 15) is 34.5 Å². The molecule has 10 nitrogen and oxygen atoms in total. The van der Waals surface area contributed by atoms with Crippen molar-refractivity contribution in [3.05, 3.63) is 80.6 Å². The fourth-order valence-electron chi connectivity index (χ4n) is 5.03. The van der Waals surface area contributed by atoms with Crippen LogP contribution in [0.2, 0.25) is 0 Å².